The molecule has 1 aliphatic rings. The average Bonchev–Trinajstić information content (AvgIpc) is 2.13. The summed E-state index contributed by atoms with van der Waals surface area (Å²) in [5.74, 6) is 0. The summed E-state index contributed by atoms with van der Waals surface area (Å²) in [6, 6.07) is -0.275. The smallest absolute Gasteiger partial charge is 0.311 e. The number of rotatable bonds is 1. The molecule has 1 rings (SSSR count). The highest BCUT2D eigenvalue weighted by atomic mass is 79.9. The highest BCUT2D eigenvalue weighted by molar-refractivity contribution is 9.12. The van der Waals surface area contributed by atoms with Crippen LogP contribution in [-0.2, 0) is 4.74 Å². The molecule has 0 bridgehead atoms. The van der Waals surface area contributed by atoms with Crippen molar-refractivity contribution in [2.24, 2.45) is 9.98 Å². The molecule has 0 aromatic carbocycles. The number of methoxy groups -OCH3 is 1. The lowest BCUT2D eigenvalue weighted by Crippen LogP contribution is -2.05. The van der Waals surface area contributed by atoms with Crippen LogP contribution in [-0.4, -0.2) is 30.7 Å². The molecule has 1 unspecified atom stereocenters. The Hall–Kier alpha value is -0.680. The number of aliphatic hydroxyl groups excluding tert-OH is 1. The van der Waals surface area contributed by atoms with Gasteiger partial charge in [0.15, 0.2) is 6.23 Å². The predicted octanol–water partition coefficient (Wildman–Crippen LogP) is 1.24. The van der Waals surface area contributed by atoms with Gasteiger partial charge in [0.2, 0.25) is 0 Å². The Morgan fingerprint density at radius 2 is 2.45 bits per heavy atom. The summed E-state index contributed by atoms with van der Waals surface area (Å²) in [4.78, 5) is 7.28. The van der Waals surface area contributed by atoms with Crippen molar-refractivity contribution in [3.63, 3.8) is 0 Å². The van der Waals surface area contributed by atoms with Crippen LogP contribution in [0.4, 0.5) is 0 Å². The van der Waals surface area contributed by atoms with E-state index in [9.17, 15) is 0 Å². The molecule has 11 heavy (non-hydrogen) atoms. The van der Waals surface area contributed by atoms with Gasteiger partial charge in [0.05, 0.1) is 0 Å². The SMILES string of the molecule is COC1C=C(Br)C=NC(O)=N1. The van der Waals surface area contributed by atoms with E-state index in [-0.39, 0.29) is 6.02 Å². The first-order chi connectivity index (χ1) is 5.22. The summed E-state index contributed by atoms with van der Waals surface area (Å²) in [5.41, 5.74) is 0. The molecule has 1 aliphatic heterocycles. The topological polar surface area (TPSA) is 54.2 Å². The van der Waals surface area contributed by atoms with Crippen LogP contribution in [0.25, 0.3) is 0 Å². The minimum atomic E-state index is -0.466. The Morgan fingerprint density at radius 1 is 1.73 bits per heavy atom. The Kier molecular flexibility index (Phi) is 2.78. The zero-order chi connectivity index (χ0) is 8.27. The van der Waals surface area contributed by atoms with E-state index in [0.717, 1.165) is 4.48 Å². The molecular formula is C6H7BrN2O2. The molecule has 1 atom stereocenters. The number of halogens is 1. The molecule has 4 nitrogen and oxygen atoms in total. The van der Waals surface area contributed by atoms with E-state index in [2.05, 4.69) is 25.9 Å². The first-order valence-electron chi connectivity index (χ1n) is 2.93. The quantitative estimate of drug-likeness (QED) is 0.721. The van der Waals surface area contributed by atoms with Gasteiger partial charge in [-0.1, -0.05) is 0 Å². The van der Waals surface area contributed by atoms with E-state index < -0.39 is 6.23 Å². The maximum Gasteiger partial charge on any atom is 0.311 e. The van der Waals surface area contributed by atoms with Crippen LogP contribution in [0.3, 0.4) is 0 Å². The van der Waals surface area contributed by atoms with Crippen LogP contribution in [0.15, 0.2) is 20.5 Å². The monoisotopic (exact) mass is 218 g/mol. The van der Waals surface area contributed by atoms with Gasteiger partial charge < -0.3 is 9.84 Å². The molecule has 0 amide bonds. The maximum absolute atomic E-state index is 8.93. The Morgan fingerprint density at radius 3 is 3.09 bits per heavy atom. The highest BCUT2D eigenvalue weighted by Gasteiger charge is 2.06. The van der Waals surface area contributed by atoms with Gasteiger partial charge in [0.25, 0.3) is 0 Å². The zero-order valence-corrected chi connectivity index (χ0v) is 7.45. The largest absolute Gasteiger partial charge is 0.479 e. The second-order valence-electron chi connectivity index (χ2n) is 1.87. The van der Waals surface area contributed by atoms with Gasteiger partial charge in [0.1, 0.15) is 0 Å². The Balaban J connectivity index is 2.84. The number of ether oxygens (including phenoxy) is 1. The third-order valence-electron chi connectivity index (χ3n) is 1.09. The van der Waals surface area contributed by atoms with E-state index in [1.165, 1.54) is 13.3 Å². The minimum Gasteiger partial charge on any atom is -0.479 e. The van der Waals surface area contributed by atoms with Gasteiger partial charge in [-0.05, 0) is 22.0 Å². The zero-order valence-electron chi connectivity index (χ0n) is 5.86. The minimum absolute atomic E-state index is 0.275. The molecule has 0 aliphatic carbocycles. The van der Waals surface area contributed by atoms with E-state index >= 15 is 0 Å². The lowest BCUT2D eigenvalue weighted by atomic mass is 10.5. The number of hydrogen-bond donors (Lipinski definition) is 1. The second-order valence-corrected chi connectivity index (χ2v) is 2.78. The average molecular weight is 219 g/mol. The number of allylic oxidation sites excluding steroid dienone is 1. The van der Waals surface area contributed by atoms with E-state index in [1.54, 1.807) is 6.08 Å². The van der Waals surface area contributed by atoms with Crippen LogP contribution in [0, 0.1) is 0 Å². The Labute approximate surface area is 72.4 Å². The maximum atomic E-state index is 8.93. The molecule has 5 heteroatoms. The van der Waals surface area contributed by atoms with Crippen LogP contribution >= 0.6 is 15.9 Å². The standard InChI is InChI=1S/C6H7BrN2O2/c1-11-5-2-4(7)3-8-6(10)9-5/h2-3,5H,1H3,(H,9,10). The Bertz CT molecular complexity index is 213. The van der Waals surface area contributed by atoms with Crippen LogP contribution in [0.5, 0.6) is 0 Å². The molecule has 1 heterocycles. The molecule has 60 valence electrons. The molecule has 0 saturated heterocycles. The third kappa shape index (κ3) is 2.44. The van der Waals surface area contributed by atoms with Crippen LogP contribution < -0.4 is 0 Å². The highest BCUT2D eigenvalue weighted by Crippen LogP contribution is 2.09. The number of amidine groups is 1. The van der Waals surface area contributed by atoms with Crippen LogP contribution in [0.2, 0.25) is 0 Å². The summed E-state index contributed by atoms with van der Waals surface area (Å²) < 4.78 is 5.61. The van der Waals surface area contributed by atoms with Gasteiger partial charge in [0, 0.05) is 17.8 Å². The van der Waals surface area contributed by atoms with Crippen molar-refractivity contribution < 1.29 is 9.84 Å². The van der Waals surface area contributed by atoms with Crippen molar-refractivity contribution in [3.8, 4) is 0 Å². The first kappa shape index (κ1) is 8.42. The summed E-state index contributed by atoms with van der Waals surface area (Å²) in [7, 11) is 1.50. The second kappa shape index (κ2) is 3.64. The third-order valence-corrected chi connectivity index (χ3v) is 1.56. The lowest BCUT2D eigenvalue weighted by molar-refractivity contribution is 0.147. The fraction of sp³-hybridized carbons (Fsp3) is 0.333. The van der Waals surface area contributed by atoms with Crippen molar-refractivity contribution in [2.75, 3.05) is 7.11 Å². The van der Waals surface area contributed by atoms with E-state index in [0.29, 0.717) is 0 Å². The predicted molar refractivity (Wildman–Crippen MR) is 46.4 cm³/mol. The van der Waals surface area contributed by atoms with Crippen LogP contribution in [0.1, 0.15) is 0 Å². The fourth-order valence-electron chi connectivity index (χ4n) is 0.604. The van der Waals surface area contributed by atoms with Crippen molar-refractivity contribution in [3.05, 3.63) is 10.6 Å². The lowest BCUT2D eigenvalue weighted by Gasteiger charge is -2.01. The summed E-state index contributed by atoms with van der Waals surface area (Å²) in [6.45, 7) is 0. The summed E-state index contributed by atoms with van der Waals surface area (Å²) in [5, 5.41) is 8.93. The van der Waals surface area contributed by atoms with Gasteiger partial charge >= 0.3 is 6.02 Å². The fourth-order valence-corrected chi connectivity index (χ4v) is 0.932. The molecule has 0 aromatic heterocycles. The van der Waals surface area contributed by atoms with Crippen molar-refractivity contribution in [1.82, 2.24) is 0 Å². The van der Waals surface area contributed by atoms with E-state index in [1.807, 2.05) is 0 Å². The molecule has 0 radical (unpaired) electrons. The molecule has 0 fully saturated rings. The molecule has 0 spiro atoms. The summed E-state index contributed by atoms with van der Waals surface area (Å²) >= 11 is 3.19. The molecular weight excluding hydrogens is 212 g/mol. The van der Waals surface area contributed by atoms with Gasteiger partial charge in [-0.3, -0.25) is 0 Å². The first-order valence-corrected chi connectivity index (χ1v) is 3.72. The van der Waals surface area contributed by atoms with Gasteiger partial charge in [-0.25, -0.2) is 4.99 Å². The molecule has 1 N–H and O–H groups in total. The molecule has 0 saturated carbocycles. The number of aliphatic imine (C=N–C) groups is 2. The van der Waals surface area contributed by atoms with Gasteiger partial charge in [-0.2, -0.15) is 4.99 Å². The van der Waals surface area contributed by atoms with Crippen molar-refractivity contribution >= 4 is 28.2 Å². The normalized spacial score (nSPS) is 24.0. The van der Waals surface area contributed by atoms with Crippen molar-refractivity contribution in [1.29, 1.82) is 0 Å². The van der Waals surface area contributed by atoms with Gasteiger partial charge in [-0.15, -0.1) is 0 Å². The number of hydrogen-bond acceptors (Lipinski definition) is 3. The van der Waals surface area contributed by atoms with E-state index in [4.69, 9.17) is 9.84 Å². The number of aliphatic hydroxyl groups is 1. The molecule has 0 aromatic rings. The number of nitrogens with zero attached hydrogens (tertiary/aromatic N) is 2. The summed E-state index contributed by atoms with van der Waals surface area (Å²) in [6.07, 6.45) is 2.68. The van der Waals surface area contributed by atoms with Crippen molar-refractivity contribution in [2.45, 2.75) is 6.23 Å².